The number of rotatable bonds is 12. The number of nitrogens with zero attached hydrogens (tertiary/aromatic N) is 2. The molecule has 1 saturated carbocycles. The smallest absolute Gasteiger partial charge is 0.335 e. The Hall–Kier alpha value is -3.35. The summed E-state index contributed by atoms with van der Waals surface area (Å²) < 4.78 is 6.70. The van der Waals surface area contributed by atoms with Crippen molar-refractivity contribution < 1.29 is 44.3 Å². The van der Waals surface area contributed by atoms with E-state index in [0.717, 1.165) is 46.7 Å². The second-order valence-electron chi connectivity index (χ2n) is 10.8. The van der Waals surface area contributed by atoms with E-state index in [2.05, 4.69) is 14.1 Å². The molecule has 4 rings (SSSR count). The van der Waals surface area contributed by atoms with Crippen molar-refractivity contribution in [1.82, 2.24) is 4.98 Å². The van der Waals surface area contributed by atoms with Gasteiger partial charge in [0.25, 0.3) is 0 Å². The van der Waals surface area contributed by atoms with Crippen molar-refractivity contribution in [3.05, 3.63) is 82.3 Å². The van der Waals surface area contributed by atoms with E-state index in [1.807, 2.05) is 66.9 Å². The maximum Gasteiger partial charge on any atom is 0.335 e. The number of para-hydroxylation sites is 1. The molecule has 0 spiro atoms. The van der Waals surface area contributed by atoms with Crippen LogP contribution < -0.4 is 4.74 Å². The van der Waals surface area contributed by atoms with Gasteiger partial charge >= 0.3 is 11.9 Å². The average molecular weight is 588 g/mol. The molecular formula is C30H39N2O8S+. The van der Waals surface area contributed by atoms with Gasteiger partial charge in [-0.2, -0.15) is 0 Å². The number of aliphatic carboxylic acids is 2. The van der Waals surface area contributed by atoms with Crippen LogP contribution in [0.25, 0.3) is 0 Å². The lowest BCUT2D eigenvalue weighted by atomic mass is 9.80. The standard InChI is InChI=1S/C26H33N2O2S.C4H6O6/c1-28(2,17-18-30-23-15-7-4-8-16-23)20-24-19-27-25(31-24)26(29,22-13-9-10-14-22)21-11-5-3-6-12-21;5-1(3(7)8)2(6)4(9)10/h3-8,11-12,15-16,19,22,29H,9-10,13-14,17-18,20H2,1-2H3;1-2,5-6H,(H,7,8)(H,9,10)/q+1;. The summed E-state index contributed by atoms with van der Waals surface area (Å²) in [7, 11) is 4.43. The summed E-state index contributed by atoms with van der Waals surface area (Å²) in [5.41, 5.74) is -0.0263. The number of aliphatic hydroxyl groups is 3. The number of ether oxygens (including phenoxy) is 1. The number of hydrogen-bond acceptors (Lipinski definition) is 8. The normalized spacial score (nSPS) is 16.6. The Kier molecular flexibility index (Phi) is 11.4. The zero-order chi connectivity index (χ0) is 30.0. The molecule has 41 heavy (non-hydrogen) atoms. The van der Waals surface area contributed by atoms with Crippen LogP contribution in [0.5, 0.6) is 5.75 Å². The molecule has 1 fully saturated rings. The Bertz CT molecular complexity index is 1230. The van der Waals surface area contributed by atoms with Crippen LogP contribution >= 0.6 is 11.3 Å². The van der Waals surface area contributed by atoms with Crippen molar-refractivity contribution >= 4 is 23.3 Å². The molecule has 5 N–H and O–H groups in total. The van der Waals surface area contributed by atoms with Gasteiger partial charge in [-0.15, -0.1) is 11.3 Å². The molecule has 1 aromatic heterocycles. The third-order valence-corrected chi connectivity index (χ3v) is 8.24. The van der Waals surface area contributed by atoms with E-state index in [-0.39, 0.29) is 5.92 Å². The molecule has 11 heteroatoms. The van der Waals surface area contributed by atoms with Crippen LogP contribution in [0.15, 0.2) is 66.9 Å². The average Bonchev–Trinajstić information content (AvgIpc) is 3.66. The van der Waals surface area contributed by atoms with Crippen molar-refractivity contribution in [3.8, 4) is 5.75 Å². The quantitative estimate of drug-likeness (QED) is 0.201. The first-order valence-corrected chi connectivity index (χ1v) is 14.3. The number of aromatic nitrogens is 1. The lowest BCUT2D eigenvalue weighted by Crippen LogP contribution is -2.41. The number of benzene rings is 2. The summed E-state index contributed by atoms with van der Waals surface area (Å²) in [4.78, 5) is 25.5. The monoisotopic (exact) mass is 587 g/mol. The first-order chi connectivity index (χ1) is 19.4. The second kappa shape index (κ2) is 14.5. The molecule has 1 heterocycles. The van der Waals surface area contributed by atoms with Crippen molar-refractivity contribution in [3.63, 3.8) is 0 Å². The van der Waals surface area contributed by atoms with Crippen LogP contribution in [0.2, 0.25) is 0 Å². The van der Waals surface area contributed by atoms with E-state index in [1.165, 1.54) is 17.7 Å². The van der Waals surface area contributed by atoms with Crippen LogP contribution in [0.3, 0.4) is 0 Å². The SMILES string of the molecule is C[N+](C)(CCOc1ccccc1)Cc1cnc(C(O)(c2ccccc2)C2CCCC2)s1.O=C(O)C(O)C(O)C(=O)O. The van der Waals surface area contributed by atoms with E-state index in [4.69, 9.17) is 30.1 Å². The van der Waals surface area contributed by atoms with Gasteiger partial charge in [-0.1, -0.05) is 61.4 Å². The van der Waals surface area contributed by atoms with Crippen molar-refractivity contribution in [2.75, 3.05) is 27.2 Å². The minimum Gasteiger partial charge on any atom is -0.488 e. The molecule has 10 nitrogen and oxygen atoms in total. The van der Waals surface area contributed by atoms with Crippen LogP contribution in [0.1, 0.15) is 41.1 Å². The highest BCUT2D eigenvalue weighted by Gasteiger charge is 2.44. The number of hydrogen-bond donors (Lipinski definition) is 5. The highest BCUT2D eigenvalue weighted by molar-refractivity contribution is 7.11. The van der Waals surface area contributed by atoms with Crippen LogP contribution in [0.4, 0.5) is 0 Å². The van der Waals surface area contributed by atoms with Gasteiger partial charge < -0.3 is 34.8 Å². The summed E-state index contributed by atoms with van der Waals surface area (Å²) in [6.07, 6.45) is 1.90. The van der Waals surface area contributed by atoms with Gasteiger partial charge in [0.2, 0.25) is 0 Å². The van der Waals surface area contributed by atoms with Crippen LogP contribution in [0, 0.1) is 5.92 Å². The highest BCUT2D eigenvalue weighted by Crippen LogP contribution is 2.46. The molecule has 0 aliphatic heterocycles. The highest BCUT2D eigenvalue weighted by atomic mass is 32.1. The third kappa shape index (κ3) is 8.82. The summed E-state index contributed by atoms with van der Waals surface area (Å²) in [5, 5.41) is 45.3. The van der Waals surface area contributed by atoms with Gasteiger partial charge in [-0.05, 0) is 36.5 Å². The molecule has 0 radical (unpaired) electrons. The molecule has 3 aromatic rings. The number of likely N-dealkylation sites (N-methyl/N-ethyl adjacent to an activating group) is 1. The Balaban J connectivity index is 0.000000397. The number of thiazole rings is 1. The van der Waals surface area contributed by atoms with Crippen molar-refractivity contribution in [2.24, 2.45) is 5.92 Å². The van der Waals surface area contributed by atoms with E-state index in [0.29, 0.717) is 6.61 Å². The molecule has 222 valence electrons. The molecule has 3 unspecified atom stereocenters. The molecule has 0 bridgehead atoms. The molecule has 1 aliphatic rings. The minimum absolute atomic E-state index is 0.232. The van der Waals surface area contributed by atoms with Gasteiger partial charge in [0.15, 0.2) is 12.2 Å². The first-order valence-electron chi connectivity index (χ1n) is 13.5. The largest absolute Gasteiger partial charge is 0.488 e. The molecule has 2 aromatic carbocycles. The number of carboxylic acids is 2. The lowest BCUT2D eigenvalue weighted by Gasteiger charge is -2.33. The number of carboxylic acid groups (broad SMARTS) is 2. The molecule has 0 amide bonds. The Morgan fingerprint density at radius 2 is 1.51 bits per heavy atom. The van der Waals surface area contributed by atoms with E-state index >= 15 is 0 Å². The zero-order valence-electron chi connectivity index (χ0n) is 23.3. The maximum atomic E-state index is 12.0. The summed E-state index contributed by atoms with van der Waals surface area (Å²) in [6, 6.07) is 20.1. The van der Waals surface area contributed by atoms with Crippen LogP contribution in [-0.2, 0) is 21.7 Å². The summed E-state index contributed by atoms with van der Waals surface area (Å²) in [5.74, 6) is -2.40. The molecule has 1 aliphatic carbocycles. The Morgan fingerprint density at radius 3 is 2.05 bits per heavy atom. The zero-order valence-corrected chi connectivity index (χ0v) is 24.1. The fraction of sp³-hybridized carbons (Fsp3) is 0.433. The fourth-order valence-electron chi connectivity index (χ4n) is 4.82. The number of quaternary nitrogens is 1. The molecule has 0 saturated heterocycles. The minimum atomic E-state index is -2.27. The van der Waals surface area contributed by atoms with E-state index in [1.54, 1.807) is 11.3 Å². The lowest BCUT2D eigenvalue weighted by molar-refractivity contribution is -0.903. The first kappa shape index (κ1) is 32.2. The predicted octanol–water partition coefficient (Wildman–Crippen LogP) is 3.10. The Morgan fingerprint density at radius 1 is 0.976 bits per heavy atom. The van der Waals surface area contributed by atoms with Gasteiger partial charge in [0.05, 0.1) is 19.0 Å². The summed E-state index contributed by atoms with van der Waals surface area (Å²) in [6.45, 7) is 2.43. The molecular weight excluding hydrogens is 548 g/mol. The fourth-order valence-corrected chi connectivity index (χ4v) is 6.14. The van der Waals surface area contributed by atoms with Gasteiger partial charge in [-0.25, -0.2) is 14.6 Å². The number of carbonyl (C=O) groups is 2. The summed E-state index contributed by atoms with van der Waals surface area (Å²) >= 11 is 1.66. The maximum absolute atomic E-state index is 12.0. The second-order valence-corrected chi connectivity index (χ2v) is 11.9. The van der Waals surface area contributed by atoms with Crippen LogP contribution in [-0.4, -0.2) is 86.4 Å². The van der Waals surface area contributed by atoms with Gasteiger partial charge in [0.1, 0.15) is 36.1 Å². The number of aliphatic hydroxyl groups excluding tert-OH is 2. The third-order valence-electron chi connectivity index (χ3n) is 7.14. The van der Waals surface area contributed by atoms with Crippen molar-refractivity contribution in [2.45, 2.75) is 50.0 Å². The van der Waals surface area contributed by atoms with Gasteiger partial charge in [0, 0.05) is 6.20 Å². The molecule has 3 atom stereocenters. The van der Waals surface area contributed by atoms with E-state index < -0.39 is 29.7 Å². The predicted molar refractivity (Wildman–Crippen MR) is 153 cm³/mol. The van der Waals surface area contributed by atoms with E-state index in [9.17, 15) is 14.7 Å². The Labute approximate surface area is 243 Å². The topological polar surface area (TPSA) is 157 Å². The van der Waals surface area contributed by atoms with Crippen molar-refractivity contribution in [1.29, 1.82) is 0 Å². The van der Waals surface area contributed by atoms with Gasteiger partial charge in [-0.3, -0.25) is 0 Å².